The van der Waals surface area contributed by atoms with E-state index < -0.39 is 35.6 Å². The Morgan fingerprint density at radius 2 is 1.80 bits per heavy atom. The molecule has 3 N–H and O–H groups in total. The zero-order chi connectivity index (χ0) is 29.7. The Balaban J connectivity index is 2.20. The summed E-state index contributed by atoms with van der Waals surface area (Å²) in [6, 6.07) is -1.69. The van der Waals surface area contributed by atoms with Crippen molar-refractivity contribution in [2.45, 2.75) is 96.7 Å². The minimum Gasteiger partial charge on any atom is -0.444 e. The van der Waals surface area contributed by atoms with Gasteiger partial charge in [-0.25, -0.2) is 4.79 Å². The highest BCUT2D eigenvalue weighted by atomic mass is 16.6. The minimum absolute atomic E-state index is 0.109. The van der Waals surface area contributed by atoms with Crippen LogP contribution in [0.4, 0.5) is 4.79 Å². The summed E-state index contributed by atoms with van der Waals surface area (Å²) in [7, 11) is 0. The van der Waals surface area contributed by atoms with Crippen molar-refractivity contribution < 1.29 is 23.9 Å². The summed E-state index contributed by atoms with van der Waals surface area (Å²) in [5.74, 6) is -0.298. The van der Waals surface area contributed by atoms with Gasteiger partial charge in [0.05, 0.1) is 12.6 Å². The van der Waals surface area contributed by atoms with Crippen LogP contribution in [0.15, 0.2) is 60.3 Å². The minimum atomic E-state index is -1.01. The number of amides is 3. The molecule has 8 heteroatoms. The van der Waals surface area contributed by atoms with Crippen LogP contribution < -0.4 is 16.0 Å². The molecule has 0 bridgehead atoms. The van der Waals surface area contributed by atoms with E-state index >= 15 is 0 Å². The molecule has 0 spiro atoms. The van der Waals surface area contributed by atoms with Crippen LogP contribution in [0.5, 0.6) is 0 Å². The number of alkyl carbamates (subject to hydrolysis) is 1. The maximum Gasteiger partial charge on any atom is 0.408 e. The van der Waals surface area contributed by atoms with Gasteiger partial charge in [0.25, 0.3) is 0 Å². The lowest BCUT2D eigenvalue weighted by molar-refractivity contribution is -0.128. The van der Waals surface area contributed by atoms with Crippen LogP contribution in [0, 0.1) is 11.8 Å². The number of rotatable bonds is 4. The van der Waals surface area contributed by atoms with Gasteiger partial charge in [-0.1, -0.05) is 66.7 Å². The number of aldehydes is 1. The first kappa shape index (κ1) is 32.8. The SMILES string of the molecule is C=C1/C=C\C(=C)CC(NC(=O)OC(C)(C)C)C(=O)NCC(=O)NC(C=O)CC(C=C(C)C2CCC2)CC/C=C\C1. The molecule has 3 amide bonds. The summed E-state index contributed by atoms with van der Waals surface area (Å²) in [5.41, 5.74) is 2.08. The second-order valence-electron chi connectivity index (χ2n) is 11.9. The molecule has 2 rings (SSSR count). The van der Waals surface area contributed by atoms with Crippen molar-refractivity contribution in [1.82, 2.24) is 16.0 Å². The fourth-order valence-corrected chi connectivity index (χ4v) is 4.62. The van der Waals surface area contributed by atoms with Gasteiger partial charge < -0.3 is 25.5 Å². The molecule has 8 nitrogen and oxygen atoms in total. The van der Waals surface area contributed by atoms with Gasteiger partial charge in [0.1, 0.15) is 17.9 Å². The third kappa shape index (κ3) is 12.6. The molecular weight excluding hydrogens is 506 g/mol. The highest BCUT2D eigenvalue weighted by molar-refractivity contribution is 5.90. The normalized spacial score (nSPS) is 26.6. The lowest BCUT2D eigenvalue weighted by Gasteiger charge is -2.28. The van der Waals surface area contributed by atoms with Gasteiger partial charge in [0.2, 0.25) is 11.8 Å². The van der Waals surface area contributed by atoms with E-state index in [4.69, 9.17) is 4.74 Å². The lowest BCUT2D eigenvalue weighted by Crippen LogP contribution is -2.51. The molecule has 0 aromatic heterocycles. The number of hydrogen-bond acceptors (Lipinski definition) is 5. The van der Waals surface area contributed by atoms with Crippen molar-refractivity contribution in [3.63, 3.8) is 0 Å². The average Bonchev–Trinajstić information content (AvgIpc) is 2.82. The van der Waals surface area contributed by atoms with Crippen molar-refractivity contribution in [2.24, 2.45) is 11.8 Å². The van der Waals surface area contributed by atoms with Crippen molar-refractivity contribution >= 4 is 24.2 Å². The zero-order valence-electron chi connectivity index (χ0n) is 24.6. The summed E-state index contributed by atoms with van der Waals surface area (Å²) in [4.78, 5) is 50.0. The van der Waals surface area contributed by atoms with Gasteiger partial charge in [-0.2, -0.15) is 0 Å². The van der Waals surface area contributed by atoms with Crippen LogP contribution in [0.3, 0.4) is 0 Å². The van der Waals surface area contributed by atoms with Crippen LogP contribution in [-0.2, 0) is 19.1 Å². The molecule has 1 fully saturated rings. The Hall–Kier alpha value is -3.42. The van der Waals surface area contributed by atoms with E-state index in [1.165, 1.54) is 24.8 Å². The third-order valence-electron chi connectivity index (χ3n) is 7.02. The molecule has 1 aliphatic heterocycles. The summed E-state index contributed by atoms with van der Waals surface area (Å²) in [6.07, 6.45) is 16.7. The number of nitrogens with one attached hydrogen (secondary N) is 3. The Kier molecular flexibility index (Phi) is 13.1. The number of allylic oxidation sites excluding steroid dienone is 7. The molecule has 2 aliphatic rings. The van der Waals surface area contributed by atoms with Crippen LogP contribution in [0.2, 0.25) is 0 Å². The molecule has 0 saturated heterocycles. The molecule has 0 aromatic rings. The van der Waals surface area contributed by atoms with E-state index in [-0.39, 0.29) is 18.9 Å². The van der Waals surface area contributed by atoms with Crippen molar-refractivity contribution in [3.8, 4) is 0 Å². The van der Waals surface area contributed by atoms with Gasteiger partial charge in [-0.05, 0) is 78.1 Å². The van der Waals surface area contributed by atoms with E-state index in [2.05, 4.69) is 54.3 Å². The average molecular weight is 554 g/mol. The molecule has 1 aliphatic carbocycles. The Morgan fingerprint density at radius 3 is 2.42 bits per heavy atom. The lowest BCUT2D eigenvalue weighted by atomic mass is 9.78. The summed E-state index contributed by atoms with van der Waals surface area (Å²) < 4.78 is 5.31. The van der Waals surface area contributed by atoms with Crippen LogP contribution in [0.25, 0.3) is 0 Å². The van der Waals surface area contributed by atoms with Gasteiger partial charge in [-0.3, -0.25) is 9.59 Å². The van der Waals surface area contributed by atoms with Crippen LogP contribution in [-0.4, -0.2) is 48.4 Å². The van der Waals surface area contributed by atoms with Crippen molar-refractivity contribution in [3.05, 3.63) is 60.3 Å². The van der Waals surface area contributed by atoms with Crippen LogP contribution >= 0.6 is 0 Å². The van der Waals surface area contributed by atoms with Gasteiger partial charge in [0.15, 0.2) is 0 Å². The predicted octanol–water partition coefficient (Wildman–Crippen LogP) is 5.23. The predicted molar refractivity (Wildman–Crippen MR) is 158 cm³/mol. The smallest absolute Gasteiger partial charge is 0.408 e. The maximum atomic E-state index is 13.0. The van der Waals surface area contributed by atoms with Gasteiger partial charge in [0, 0.05) is 6.42 Å². The van der Waals surface area contributed by atoms with E-state index in [9.17, 15) is 19.2 Å². The maximum absolute atomic E-state index is 13.0. The third-order valence-corrected chi connectivity index (χ3v) is 7.02. The molecule has 0 aromatic carbocycles. The van der Waals surface area contributed by atoms with E-state index in [0.717, 1.165) is 24.7 Å². The molecule has 3 unspecified atom stereocenters. The first-order chi connectivity index (χ1) is 18.9. The van der Waals surface area contributed by atoms with Crippen LogP contribution in [0.1, 0.15) is 79.1 Å². The highest BCUT2D eigenvalue weighted by Crippen LogP contribution is 2.34. The van der Waals surface area contributed by atoms with Crippen molar-refractivity contribution in [2.75, 3.05) is 6.54 Å². The first-order valence-corrected chi connectivity index (χ1v) is 14.2. The number of ether oxygens (including phenoxy) is 1. The van der Waals surface area contributed by atoms with E-state index in [1.807, 2.05) is 6.08 Å². The van der Waals surface area contributed by atoms with Gasteiger partial charge >= 0.3 is 6.09 Å². The van der Waals surface area contributed by atoms with Gasteiger partial charge in [-0.15, -0.1) is 0 Å². The molecule has 220 valence electrons. The molecule has 1 saturated carbocycles. The molecule has 40 heavy (non-hydrogen) atoms. The topological polar surface area (TPSA) is 114 Å². The summed E-state index contributed by atoms with van der Waals surface area (Å²) >= 11 is 0. The number of hydrogen-bond donors (Lipinski definition) is 3. The Bertz CT molecular complexity index is 1030. The largest absolute Gasteiger partial charge is 0.444 e. The second-order valence-corrected chi connectivity index (χ2v) is 11.9. The molecule has 1 heterocycles. The Labute approximate surface area is 239 Å². The standard InChI is InChI=1S/C32H47N3O5/c1-22-11-8-7-9-12-25(18-24(3)26-13-10-14-26)19-27(21-36)34-29(37)20-33-30(38)28(17-23(2)16-15-22)35-31(39)40-32(4,5)6/h7-8,15-16,18,21,25-28H,1-2,9-14,17,19-20H2,3-6H3,(H,33,38)(H,34,37)(H,35,39)/b8-7-,16-15-,24-18?. The zero-order valence-corrected chi connectivity index (χ0v) is 24.6. The monoisotopic (exact) mass is 553 g/mol. The molecule has 3 atom stereocenters. The number of carbonyl (C=O) groups excluding carboxylic acids is 4. The summed E-state index contributed by atoms with van der Waals surface area (Å²) in [6.45, 7) is 15.1. The van der Waals surface area contributed by atoms with E-state index in [1.54, 1.807) is 26.8 Å². The second kappa shape index (κ2) is 16.0. The quantitative estimate of drug-likeness (QED) is 0.326. The summed E-state index contributed by atoms with van der Waals surface area (Å²) in [5, 5.41) is 7.89. The molecule has 0 radical (unpaired) electrons. The Morgan fingerprint density at radius 1 is 1.10 bits per heavy atom. The fraction of sp³-hybridized carbons (Fsp3) is 0.562. The first-order valence-electron chi connectivity index (χ1n) is 14.2. The fourth-order valence-electron chi connectivity index (χ4n) is 4.62. The molecular formula is C32H47N3O5. The van der Waals surface area contributed by atoms with E-state index in [0.29, 0.717) is 24.3 Å². The van der Waals surface area contributed by atoms with Crippen molar-refractivity contribution in [1.29, 1.82) is 0 Å². The number of carbonyl (C=O) groups is 4. The highest BCUT2D eigenvalue weighted by Gasteiger charge is 2.26.